The largest absolute Gasteiger partial charge is 0.492 e. The maximum Gasteiger partial charge on any atom is 0.338 e. The molecule has 0 saturated carbocycles. The molecule has 0 aliphatic carbocycles. The molecule has 1 N–H and O–H groups in total. The summed E-state index contributed by atoms with van der Waals surface area (Å²) in [4.78, 5) is 24.4. The van der Waals surface area contributed by atoms with Gasteiger partial charge in [0, 0.05) is 5.56 Å². The molecule has 0 aliphatic heterocycles. The van der Waals surface area contributed by atoms with Crippen LogP contribution in [0.1, 0.15) is 45.7 Å². The van der Waals surface area contributed by atoms with Crippen molar-refractivity contribution in [2.24, 2.45) is 0 Å². The van der Waals surface area contributed by atoms with E-state index in [-0.39, 0.29) is 5.91 Å². The minimum absolute atomic E-state index is 0.229. The van der Waals surface area contributed by atoms with Crippen LogP contribution in [-0.4, -0.2) is 25.1 Å². The Morgan fingerprint density at radius 3 is 2.28 bits per heavy atom. The van der Waals surface area contributed by atoms with Crippen molar-refractivity contribution < 1.29 is 19.1 Å². The Balaban J connectivity index is 2.26. The molecule has 0 unspecified atom stereocenters. The molecule has 5 heteroatoms. The monoisotopic (exact) mass is 341 g/mol. The number of benzene rings is 2. The lowest BCUT2D eigenvalue weighted by atomic mass is 10.1. The van der Waals surface area contributed by atoms with Gasteiger partial charge in [-0.15, -0.1) is 0 Å². The lowest BCUT2D eigenvalue weighted by Crippen LogP contribution is -2.14. The second-order valence-corrected chi connectivity index (χ2v) is 5.62. The molecular formula is C20H23NO4. The Morgan fingerprint density at radius 2 is 1.64 bits per heavy atom. The predicted octanol–water partition coefficient (Wildman–Crippen LogP) is 4.13. The maximum absolute atomic E-state index is 12.5. The van der Waals surface area contributed by atoms with Crippen molar-refractivity contribution >= 4 is 17.6 Å². The topological polar surface area (TPSA) is 64.6 Å². The summed E-state index contributed by atoms with van der Waals surface area (Å²) in [5.41, 5.74) is 3.65. The van der Waals surface area contributed by atoms with Gasteiger partial charge in [-0.25, -0.2) is 4.79 Å². The van der Waals surface area contributed by atoms with Crippen LogP contribution in [0.2, 0.25) is 0 Å². The summed E-state index contributed by atoms with van der Waals surface area (Å²) in [6.07, 6.45) is 0. The Kier molecular flexibility index (Phi) is 6.17. The Bertz CT molecular complexity index is 783. The molecule has 0 radical (unpaired) electrons. The smallest absolute Gasteiger partial charge is 0.338 e. The molecule has 0 spiro atoms. The first-order valence-electron chi connectivity index (χ1n) is 8.28. The van der Waals surface area contributed by atoms with Gasteiger partial charge in [0.25, 0.3) is 5.91 Å². The van der Waals surface area contributed by atoms with Gasteiger partial charge in [-0.1, -0.05) is 6.07 Å². The van der Waals surface area contributed by atoms with E-state index in [1.165, 1.54) is 0 Å². The summed E-state index contributed by atoms with van der Waals surface area (Å²) in [6.45, 7) is 8.27. The van der Waals surface area contributed by atoms with Gasteiger partial charge < -0.3 is 14.8 Å². The molecule has 25 heavy (non-hydrogen) atoms. The number of carbonyl (C=O) groups is 2. The summed E-state index contributed by atoms with van der Waals surface area (Å²) < 4.78 is 10.6. The fourth-order valence-corrected chi connectivity index (χ4v) is 2.32. The highest BCUT2D eigenvalue weighted by atomic mass is 16.5. The predicted molar refractivity (Wildman–Crippen MR) is 97.4 cm³/mol. The van der Waals surface area contributed by atoms with Crippen LogP contribution in [0.5, 0.6) is 5.75 Å². The molecule has 0 fully saturated rings. The molecule has 0 atom stereocenters. The molecule has 5 nitrogen and oxygen atoms in total. The number of ether oxygens (including phenoxy) is 2. The number of nitrogens with one attached hydrogen (secondary N) is 1. The van der Waals surface area contributed by atoms with E-state index in [2.05, 4.69) is 5.32 Å². The van der Waals surface area contributed by atoms with E-state index in [9.17, 15) is 9.59 Å². The zero-order valence-electron chi connectivity index (χ0n) is 15.0. The molecule has 0 saturated heterocycles. The first-order chi connectivity index (χ1) is 12.0. The minimum Gasteiger partial charge on any atom is -0.492 e. The Labute approximate surface area is 148 Å². The third-order valence-electron chi connectivity index (χ3n) is 3.81. The van der Waals surface area contributed by atoms with E-state index < -0.39 is 5.97 Å². The normalized spacial score (nSPS) is 10.2. The summed E-state index contributed by atoms with van der Waals surface area (Å²) in [7, 11) is 0. The number of esters is 1. The van der Waals surface area contributed by atoms with Crippen LogP contribution in [-0.2, 0) is 4.74 Å². The zero-order chi connectivity index (χ0) is 18.4. The van der Waals surface area contributed by atoms with Crippen LogP contribution in [0.3, 0.4) is 0 Å². The van der Waals surface area contributed by atoms with Crippen LogP contribution >= 0.6 is 0 Å². The van der Waals surface area contributed by atoms with Crippen molar-refractivity contribution in [2.75, 3.05) is 18.5 Å². The van der Waals surface area contributed by atoms with Crippen LogP contribution in [0.25, 0.3) is 0 Å². The molecule has 0 heterocycles. The number of carbonyl (C=O) groups excluding carboxylic acids is 2. The van der Waals surface area contributed by atoms with E-state index in [0.717, 1.165) is 11.1 Å². The lowest BCUT2D eigenvalue weighted by Gasteiger charge is -2.13. The first kappa shape index (κ1) is 18.5. The average molecular weight is 341 g/mol. The molecule has 0 aromatic heterocycles. The molecule has 2 rings (SSSR count). The van der Waals surface area contributed by atoms with E-state index in [0.29, 0.717) is 35.8 Å². The van der Waals surface area contributed by atoms with E-state index >= 15 is 0 Å². The van der Waals surface area contributed by atoms with Crippen LogP contribution in [0, 0.1) is 13.8 Å². The molecule has 0 aliphatic rings. The Morgan fingerprint density at radius 1 is 0.920 bits per heavy atom. The zero-order valence-corrected chi connectivity index (χ0v) is 15.0. The van der Waals surface area contributed by atoms with Crippen molar-refractivity contribution in [1.29, 1.82) is 0 Å². The highest BCUT2D eigenvalue weighted by molar-refractivity contribution is 6.05. The quantitative estimate of drug-likeness (QED) is 0.802. The number of rotatable bonds is 6. The SMILES string of the molecule is CCOC(=O)c1ccc(NC(=O)c2ccc(C)c(C)c2)c(OCC)c1. The van der Waals surface area contributed by atoms with Crippen LogP contribution in [0.15, 0.2) is 36.4 Å². The Hall–Kier alpha value is -2.82. The second kappa shape index (κ2) is 8.33. The summed E-state index contributed by atoms with van der Waals surface area (Å²) in [6, 6.07) is 10.4. The van der Waals surface area contributed by atoms with Gasteiger partial charge in [-0.05, 0) is 69.2 Å². The summed E-state index contributed by atoms with van der Waals surface area (Å²) >= 11 is 0. The van der Waals surface area contributed by atoms with Crippen LogP contribution in [0.4, 0.5) is 5.69 Å². The summed E-state index contributed by atoms with van der Waals surface area (Å²) in [5, 5.41) is 2.84. The van der Waals surface area contributed by atoms with Gasteiger partial charge >= 0.3 is 5.97 Å². The molecule has 2 aromatic rings. The second-order valence-electron chi connectivity index (χ2n) is 5.62. The molecular weight excluding hydrogens is 318 g/mol. The van der Waals surface area contributed by atoms with Gasteiger partial charge in [0.15, 0.2) is 0 Å². The number of hydrogen-bond donors (Lipinski definition) is 1. The van der Waals surface area contributed by atoms with E-state index in [1.54, 1.807) is 31.2 Å². The highest BCUT2D eigenvalue weighted by Crippen LogP contribution is 2.27. The van der Waals surface area contributed by atoms with Crippen molar-refractivity contribution in [3.8, 4) is 5.75 Å². The van der Waals surface area contributed by atoms with Crippen molar-refractivity contribution in [3.63, 3.8) is 0 Å². The number of hydrogen-bond acceptors (Lipinski definition) is 4. The van der Waals surface area contributed by atoms with Crippen LogP contribution < -0.4 is 10.1 Å². The van der Waals surface area contributed by atoms with Gasteiger partial charge in [0.2, 0.25) is 0 Å². The fraction of sp³-hybridized carbons (Fsp3) is 0.300. The average Bonchev–Trinajstić information content (AvgIpc) is 2.59. The molecule has 0 bridgehead atoms. The third kappa shape index (κ3) is 4.59. The highest BCUT2D eigenvalue weighted by Gasteiger charge is 2.14. The van der Waals surface area contributed by atoms with Crippen molar-refractivity contribution in [2.45, 2.75) is 27.7 Å². The minimum atomic E-state index is -0.421. The standard InChI is InChI=1S/C20H23NO4/c1-5-24-18-12-16(20(23)25-6-2)9-10-17(18)21-19(22)15-8-7-13(3)14(4)11-15/h7-12H,5-6H2,1-4H3,(H,21,22). The number of amides is 1. The van der Waals surface area contributed by atoms with Gasteiger partial charge in [0.1, 0.15) is 5.75 Å². The first-order valence-corrected chi connectivity index (χ1v) is 8.28. The van der Waals surface area contributed by atoms with Crippen molar-refractivity contribution in [1.82, 2.24) is 0 Å². The van der Waals surface area contributed by atoms with Gasteiger partial charge in [-0.3, -0.25) is 4.79 Å². The maximum atomic E-state index is 12.5. The van der Waals surface area contributed by atoms with Gasteiger partial charge in [0.05, 0.1) is 24.5 Å². The number of aryl methyl sites for hydroxylation is 2. The number of anilines is 1. The third-order valence-corrected chi connectivity index (χ3v) is 3.81. The molecule has 1 amide bonds. The van der Waals surface area contributed by atoms with E-state index in [1.807, 2.05) is 32.9 Å². The van der Waals surface area contributed by atoms with Crippen molar-refractivity contribution in [3.05, 3.63) is 58.7 Å². The fourth-order valence-electron chi connectivity index (χ4n) is 2.32. The molecule has 132 valence electrons. The molecule has 2 aromatic carbocycles. The van der Waals surface area contributed by atoms with Gasteiger partial charge in [-0.2, -0.15) is 0 Å². The lowest BCUT2D eigenvalue weighted by molar-refractivity contribution is 0.0526. The summed E-state index contributed by atoms with van der Waals surface area (Å²) in [5.74, 6) is -0.214. The van der Waals surface area contributed by atoms with E-state index in [4.69, 9.17) is 9.47 Å².